The highest BCUT2D eigenvalue weighted by atomic mass is 16.4. The van der Waals surface area contributed by atoms with Crippen molar-refractivity contribution in [2.45, 2.75) is 219 Å². The monoisotopic (exact) mass is 589 g/mol. The van der Waals surface area contributed by atoms with Gasteiger partial charge in [-0.1, -0.05) is 179 Å². The lowest BCUT2D eigenvalue weighted by molar-refractivity contribution is -0.142. The van der Waals surface area contributed by atoms with Crippen LogP contribution in [0.15, 0.2) is 24.3 Å². The van der Waals surface area contributed by atoms with Crippen LogP contribution in [0.25, 0.3) is 0 Å². The summed E-state index contributed by atoms with van der Waals surface area (Å²) in [6.07, 6.45) is 50.8. The number of aliphatic carboxylic acids is 1. The van der Waals surface area contributed by atoms with Crippen LogP contribution in [0.1, 0.15) is 219 Å². The van der Waals surface area contributed by atoms with Crippen molar-refractivity contribution in [2.75, 3.05) is 0 Å². The first-order valence-electron chi connectivity index (χ1n) is 19.2. The molecular formula is C40H76O2. The van der Waals surface area contributed by atoms with Crippen LogP contribution in [-0.2, 0) is 4.79 Å². The molecule has 0 saturated carbocycles. The van der Waals surface area contributed by atoms with Gasteiger partial charge in [0.2, 0.25) is 0 Å². The van der Waals surface area contributed by atoms with E-state index in [2.05, 4.69) is 38.2 Å². The van der Waals surface area contributed by atoms with Crippen molar-refractivity contribution in [1.82, 2.24) is 0 Å². The van der Waals surface area contributed by atoms with Gasteiger partial charge >= 0.3 is 5.97 Å². The van der Waals surface area contributed by atoms with Crippen LogP contribution in [-0.4, -0.2) is 11.1 Å². The van der Waals surface area contributed by atoms with Crippen molar-refractivity contribution in [3.05, 3.63) is 24.3 Å². The van der Waals surface area contributed by atoms with Crippen LogP contribution in [0, 0.1) is 5.92 Å². The first-order valence-corrected chi connectivity index (χ1v) is 19.2. The summed E-state index contributed by atoms with van der Waals surface area (Å²) in [7, 11) is 0. The van der Waals surface area contributed by atoms with Crippen molar-refractivity contribution in [1.29, 1.82) is 0 Å². The Balaban J connectivity index is 3.43. The molecule has 0 aliphatic carbocycles. The smallest absolute Gasteiger partial charge is 0.306 e. The molecule has 42 heavy (non-hydrogen) atoms. The Labute approximate surface area is 265 Å². The molecule has 248 valence electrons. The summed E-state index contributed by atoms with van der Waals surface area (Å²) in [6.45, 7) is 4.56. The molecule has 0 aromatic heterocycles. The van der Waals surface area contributed by atoms with Gasteiger partial charge in [-0.3, -0.25) is 4.79 Å². The summed E-state index contributed by atoms with van der Waals surface area (Å²) in [6, 6.07) is 0. The van der Waals surface area contributed by atoms with Crippen molar-refractivity contribution in [3.8, 4) is 0 Å². The quantitative estimate of drug-likeness (QED) is 0.0590. The summed E-state index contributed by atoms with van der Waals surface area (Å²) in [4.78, 5) is 11.7. The van der Waals surface area contributed by atoms with E-state index in [1.54, 1.807) is 0 Å². The van der Waals surface area contributed by atoms with E-state index in [4.69, 9.17) is 0 Å². The zero-order valence-corrected chi connectivity index (χ0v) is 28.9. The van der Waals surface area contributed by atoms with Gasteiger partial charge in [0, 0.05) is 0 Å². The fourth-order valence-corrected chi connectivity index (χ4v) is 6.02. The van der Waals surface area contributed by atoms with E-state index >= 15 is 0 Å². The molecule has 0 fully saturated rings. The van der Waals surface area contributed by atoms with E-state index < -0.39 is 5.97 Å². The second kappa shape index (κ2) is 36.1. The number of unbranched alkanes of at least 4 members (excludes halogenated alkanes) is 26. The molecule has 2 nitrogen and oxygen atoms in total. The fourth-order valence-electron chi connectivity index (χ4n) is 6.02. The average Bonchev–Trinajstić information content (AvgIpc) is 2.99. The number of carbonyl (C=O) groups is 1. The molecule has 0 radical (unpaired) electrons. The van der Waals surface area contributed by atoms with E-state index in [9.17, 15) is 9.90 Å². The molecule has 0 aromatic rings. The van der Waals surface area contributed by atoms with Gasteiger partial charge in [0.05, 0.1) is 5.92 Å². The largest absolute Gasteiger partial charge is 0.481 e. The van der Waals surface area contributed by atoms with Crippen molar-refractivity contribution in [2.24, 2.45) is 5.92 Å². The molecule has 0 bridgehead atoms. The van der Waals surface area contributed by atoms with E-state index in [0.29, 0.717) is 0 Å². The predicted octanol–water partition coefficient (Wildman–Crippen LogP) is 14.3. The number of hydrogen-bond donors (Lipinski definition) is 1. The maximum atomic E-state index is 11.7. The lowest BCUT2D eigenvalue weighted by Crippen LogP contribution is -2.13. The SMILES string of the molecule is CCCCCCCCC=CCCCCCCCCCCCCC(CCCCCCC=CCCCCCCCC)C(=O)O. The molecule has 0 aliphatic heterocycles. The number of rotatable bonds is 35. The number of hydrogen-bond acceptors (Lipinski definition) is 1. The molecule has 0 saturated heterocycles. The molecule has 1 atom stereocenters. The summed E-state index contributed by atoms with van der Waals surface area (Å²) in [5.74, 6) is -0.687. The lowest BCUT2D eigenvalue weighted by Gasteiger charge is -2.12. The normalized spacial score (nSPS) is 12.6. The molecule has 2 heteroatoms. The zero-order valence-electron chi connectivity index (χ0n) is 28.9. The van der Waals surface area contributed by atoms with Gasteiger partial charge in [-0.25, -0.2) is 0 Å². The summed E-state index contributed by atoms with van der Waals surface area (Å²) < 4.78 is 0. The van der Waals surface area contributed by atoms with Crippen LogP contribution in [0.2, 0.25) is 0 Å². The van der Waals surface area contributed by atoms with Crippen LogP contribution in [0.5, 0.6) is 0 Å². The van der Waals surface area contributed by atoms with Crippen molar-refractivity contribution >= 4 is 5.97 Å². The third kappa shape index (κ3) is 33.5. The molecule has 1 unspecified atom stereocenters. The number of carboxylic acid groups (broad SMARTS) is 1. The first kappa shape index (κ1) is 41.0. The van der Waals surface area contributed by atoms with Crippen LogP contribution < -0.4 is 0 Å². The predicted molar refractivity (Wildman–Crippen MR) is 188 cm³/mol. The molecule has 0 spiro atoms. The molecule has 0 amide bonds. The van der Waals surface area contributed by atoms with E-state index in [1.165, 1.54) is 180 Å². The summed E-state index contributed by atoms with van der Waals surface area (Å²) >= 11 is 0. The Hall–Kier alpha value is -1.05. The van der Waals surface area contributed by atoms with Crippen LogP contribution in [0.3, 0.4) is 0 Å². The van der Waals surface area contributed by atoms with Crippen molar-refractivity contribution < 1.29 is 9.90 Å². The Morgan fingerprint density at radius 1 is 0.405 bits per heavy atom. The van der Waals surface area contributed by atoms with Gasteiger partial charge < -0.3 is 5.11 Å². The molecule has 1 N–H and O–H groups in total. The van der Waals surface area contributed by atoms with Crippen LogP contribution >= 0.6 is 0 Å². The number of carboxylic acids is 1. The third-order valence-corrected chi connectivity index (χ3v) is 8.98. The van der Waals surface area contributed by atoms with Gasteiger partial charge in [0.15, 0.2) is 0 Å². The Bertz CT molecular complexity index is 578. The van der Waals surface area contributed by atoms with Gasteiger partial charge in [-0.05, 0) is 64.2 Å². The maximum Gasteiger partial charge on any atom is 0.306 e. The second-order valence-electron chi connectivity index (χ2n) is 13.2. The average molecular weight is 589 g/mol. The standard InChI is InChI=1S/C40H76O2/c1-3-5-7-9-11-13-15-17-19-20-21-22-23-24-26-28-30-32-34-36-38-39(40(41)42)37-35-33-31-29-27-25-18-16-14-12-10-8-6-4-2/h17-19,25,39H,3-16,20-24,26-38H2,1-2H3,(H,41,42). The minimum atomic E-state index is -0.569. The Morgan fingerprint density at radius 2 is 0.643 bits per heavy atom. The maximum absolute atomic E-state index is 11.7. The third-order valence-electron chi connectivity index (χ3n) is 8.98. The van der Waals surface area contributed by atoms with Gasteiger partial charge in [0.25, 0.3) is 0 Å². The summed E-state index contributed by atoms with van der Waals surface area (Å²) in [5, 5.41) is 9.62. The lowest BCUT2D eigenvalue weighted by atomic mass is 9.94. The zero-order chi connectivity index (χ0) is 30.6. The van der Waals surface area contributed by atoms with Crippen molar-refractivity contribution in [3.63, 3.8) is 0 Å². The van der Waals surface area contributed by atoms with Gasteiger partial charge in [-0.15, -0.1) is 0 Å². The van der Waals surface area contributed by atoms with E-state index in [-0.39, 0.29) is 5.92 Å². The van der Waals surface area contributed by atoms with Crippen LogP contribution in [0.4, 0.5) is 0 Å². The topological polar surface area (TPSA) is 37.3 Å². The Morgan fingerprint density at radius 3 is 0.905 bits per heavy atom. The minimum absolute atomic E-state index is 0.118. The minimum Gasteiger partial charge on any atom is -0.481 e. The van der Waals surface area contributed by atoms with Gasteiger partial charge in [-0.2, -0.15) is 0 Å². The molecule has 0 heterocycles. The molecule has 0 rings (SSSR count). The Kier molecular flexibility index (Phi) is 35.2. The highest BCUT2D eigenvalue weighted by Crippen LogP contribution is 2.20. The first-order chi connectivity index (χ1) is 20.7. The highest BCUT2D eigenvalue weighted by molar-refractivity contribution is 5.69. The second-order valence-corrected chi connectivity index (χ2v) is 13.2. The fraction of sp³-hybridized carbons (Fsp3) is 0.875. The number of allylic oxidation sites excluding steroid dienone is 4. The molecular weight excluding hydrogens is 512 g/mol. The summed E-state index contributed by atoms with van der Waals surface area (Å²) in [5.41, 5.74) is 0. The molecule has 0 aliphatic rings. The highest BCUT2D eigenvalue weighted by Gasteiger charge is 2.16. The molecule has 0 aromatic carbocycles. The van der Waals surface area contributed by atoms with Gasteiger partial charge in [0.1, 0.15) is 0 Å². The van der Waals surface area contributed by atoms with E-state index in [0.717, 1.165) is 25.7 Å². The van der Waals surface area contributed by atoms with E-state index in [1.807, 2.05) is 0 Å².